The van der Waals surface area contributed by atoms with Gasteiger partial charge in [0, 0.05) is 25.2 Å². The molecule has 3 nitrogen and oxygen atoms in total. The number of hydrogen-bond acceptors (Lipinski definition) is 2. The molecule has 1 aliphatic heterocycles. The van der Waals surface area contributed by atoms with Gasteiger partial charge in [-0.3, -0.25) is 9.69 Å². The van der Waals surface area contributed by atoms with Gasteiger partial charge in [0.15, 0.2) is 0 Å². The molecule has 1 saturated heterocycles. The molecule has 2 atom stereocenters. The second-order valence-electron chi connectivity index (χ2n) is 4.07. The van der Waals surface area contributed by atoms with Gasteiger partial charge in [-0.05, 0) is 20.9 Å². The number of rotatable bonds is 0. The second kappa shape index (κ2) is 4.00. The average molecular weight is 224 g/mol. The molecule has 1 fully saturated rings. The number of carbonyl (C=O) groups is 1. The van der Waals surface area contributed by atoms with E-state index in [1.165, 1.54) is 0 Å². The summed E-state index contributed by atoms with van der Waals surface area (Å²) in [7, 11) is 1.85. The summed E-state index contributed by atoms with van der Waals surface area (Å²) >= 11 is 0. The number of hydrogen-bond donors (Lipinski definition) is 0. The molecule has 0 saturated carbocycles. The minimum Gasteiger partial charge on any atom is -0.332 e. The first-order valence-corrected chi connectivity index (χ1v) is 4.81. The Morgan fingerprint density at radius 1 is 1.20 bits per heavy atom. The Kier molecular flexibility index (Phi) is 3.28. The number of piperazine rings is 1. The predicted octanol–water partition coefficient (Wildman–Crippen LogP) is 1.10. The summed E-state index contributed by atoms with van der Waals surface area (Å²) in [4.78, 5) is 13.9. The van der Waals surface area contributed by atoms with Crippen LogP contribution >= 0.6 is 0 Å². The lowest BCUT2D eigenvalue weighted by atomic mass is 10.1. The molecule has 6 heteroatoms. The molecule has 0 N–H and O–H groups in total. The normalized spacial score (nSPS) is 29.3. The van der Waals surface area contributed by atoms with Gasteiger partial charge in [0.2, 0.25) is 0 Å². The lowest BCUT2D eigenvalue weighted by Gasteiger charge is -2.42. The third kappa shape index (κ3) is 2.62. The highest BCUT2D eigenvalue weighted by atomic mass is 19.4. The quantitative estimate of drug-likeness (QED) is 0.615. The first-order valence-electron chi connectivity index (χ1n) is 4.81. The van der Waals surface area contributed by atoms with Gasteiger partial charge >= 0.3 is 12.1 Å². The van der Waals surface area contributed by atoms with E-state index in [9.17, 15) is 18.0 Å². The molecular formula is C9H15F3N2O. The van der Waals surface area contributed by atoms with Gasteiger partial charge in [-0.2, -0.15) is 13.2 Å². The molecule has 1 amide bonds. The van der Waals surface area contributed by atoms with Gasteiger partial charge < -0.3 is 4.90 Å². The smallest absolute Gasteiger partial charge is 0.332 e. The third-order valence-electron chi connectivity index (χ3n) is 2.89. The van der Waals surface area contributed by atoms with E-state index < -0.39 is 12.1 Å². The average Bonchev–Trinajstić information content (AvgIpc) is 2.10. The number of alkyl halides is 3. The van der Waals surface area contributed by atoms with Crippen molar-refractivity contribution in [1.29, 1.82) is 0 Å². The van der Waals surface area contributed by atoms with E-state index >= 15 is 0 Å². The topological polar surface area (TPSA) is 23.6 Å². The van der Waals surface area contributed by atoms with Crippen molar-refractivity contribution >= 4 is 5.91 Å². The molecule has 0 radical (unpaired) electrons. The van der Waals surface area contributed by atoms with Crippen molar-refractivity contribution in [2.24, 2.45) is 0 Å². The van der Waals surface area contributed by atoms with Crippen molar-refractivity contribution in [3.8, 4) is 0 Å². The fraction of sp³-hybridized carbons (Fsp3) is 0.889. The van der Waals surface area contributed by atoms with Crippen molar-refractivity contribution < 1.29 is 18.0 Å². The van der Waals surface area contributed by atoms with E-state index in [0.29, 0.717) is 0 Å². The highest BCUT2D eigenvalue weighted by Gasteiger charge is 2.44. The molecule has 1 aliphatic rings. The predicted molar refractivity (Wildman–Crippen MR) is 49.3 cm³/mol. The Hall–Kier alpha value is -0.780. The molecule has 88 valence electrons. The monoisotopic (exact) mass is 224 g/mol. The summed E-state index contributed by atoms with van der Waals surface area (Å²) < 4.78 is 36.5. The zero-order chi connectivity index (χ0) is 11.8. The number of halogens is 3. The van der Waals surface area contributed by atoms with Crippen molar-refractivity contribution in [1.82, 2.24) is 9.80 Å². The maximum atomic E-state index is 12.2. The zero-order valence-electron chi connectivity index (χ0n) is 9.01. The lowest BCUT2D eigenvalue weighted by Crippen LogP contribution is -2.58. The van der Waals surface area contributed by atoms with E-state index in [2.05, 4.69) is 0 Å². The zero-order valence-corrected chi connectivity index (χ0v) is 9.01. The second-order valence-corrected chi connectivity index (χ2v) is 4.07. The lowest BCUT2D eigenvalue weighted by molar-refractivity contribution is -0.188. The van der Waals surface area contributed by atoms with Crippen LogP contribution in [0.25, 0.3) is 0 Å². The number of likely N-dealkylation sites (N-methyl/N-ethyl adjacent to an activating group) is 1. The standard InChI is InChI=1S/C9H15F3N2O/c1-6-4-14(5-7(2)13(6)3)8(15)9(10,11)12/h6-7H,4-5H2,1-3H3/t6-,7+. The number of nitrogens with zero attached hydrogens (tertiary/aromatic N) is 2. The summed E-state index contributed by atoms with van der Waals surface area (Å²) in [5, 5.41) is 0. The van der Waals surface area contributed by atoms with Gasteiger partial charge in [-0.1, -0.05) is 0 Å². The molecule has 0 aromatic rings. The van der Waals surface area contributed by atoms with Crippen LogP contribution in [0.5, 0.6) is 0 Å². The van der Waals surface area contributed by atoms with Crippen LogP contribution in [0.1, 0.15) is 13.8 Å². The Balaban J connectivity index is 2.70. The minimum atomic E-state index is -4.75. The van der Waals surface area contributed by atoms with E-state index in [-0.39, 0.29) is 25.2 Å². The Morgan fingerprint density at radius 3 is 1.93 bits per heavy atom. The molecule has 0 unspecified atom stereocenters. The van der Waals surface area contributed by atoms with Crippen LogP contribution in [0.3, 0.4) is 0 Å². The first-order chi connectivity index (χ1) is 6.73. The van der Waals surface area contributed by atoms with Crippen LogP contribution in [0, 0.1) is 0 Å². The Bertz CT molecular complexity index is 242. The molecule has 1 heterocycles. The summed E-state index contributed by atoms with van der Waals surface area (Å²) in [6.45, 7) is 3.90. The molecule has 0 spiro atoms. The first kappa shape index (κ1) is 12.3. The van der Waals surface area contributed by atoms with Crippen LogP contribution in [-0.2, 0) is 4.79 Å². The largest absolute Gasteiger partial charge is 0.471 e. The van der Waals surface area contributed by atoms with Gasteiger partial charge in [0.25, 0.3) is 0 Å². The Labute approximate surface area is 86.8 Å². The minimum absolute atomic E-state index is 0.0416. The molecule has 0 aromatic heterocycles. The Morgan fingerprint density at radius 2 is 1.60 bits per heavy atom. The molecule has 1 rings (SSSR count). The van der Waals surface area contributed by atoms with Crippen LogP contribution in [0.2, 0.25) is 0 Å². The van der Waals surface area contributed by atoms with Crippen molar-refractivity contribution in [2.45, 2.75) is 32.1 Å². The van der Waals surface area contributed by atoms with Crippen molar-refractivity contribution in [3.05, 3.63) is 0 Å². The summed E-state index contributed by atoms with van der Waals surface area (Å²) in [6, 6.07) is -0.0832. The van der Waals surface area contributed by atoms with Crippen molar-refractivity contribution in [2.75, 3.05) is 20.1 Å². The number of amides is 1. The molecular weight excluding hydrogens is 209 g/mol. The molecule has 15 heavy (non-hydrogen) atoms. The van der Waals surface area contributed by atoms with Gasteiger partial charge in [-0.25, -0.2) is 0 Å². The maximum Gasteiger partial charge on any atom is 0.471 e. The van der Waals surface area contributed by atoms with Crippen LogP contribution in [-0.4, -0.2) is 54.1 Å². The third-order valence-corrected chi connectivity index (χ3v) is 2.89. The molecule has 0 aliphatic carbocycles. The fourth-order valence-corrected chi connectivity index (χ4v) is 1.75. The summed E-state index contributed by atoms with van der Waals surface area (Å²) in [5.74, 6) is -1.73. The van der Waals surface area contributed by atoms with E-state index in [4.69, 9.17) is 0 Å². The summed E-state index contributed by atoms with van der Waals surface area (Å²) in [5.41, 5.74) is 0. The molecule has 0 bridgehead atoms. The SMILES string of the molecule is C[C@@H]1CN(C(=O)C(F)(F)F)C[C@H](C)N1C. The van der Waals surface area contributed by atoms with Crippen LogP contribution in [0.4, 0.5) is 13.2 Å². The van der Waals surface area contributed by atoms with Crippen LogP contribution < -0.4 is 0 Å². The van der Waals surface area contributed by atoms with Gasteiger partial charge in [0.1, 0.15) is 0 Å². The van der Waals surface area contributed by atoms with E-state index in [1.54, 1.807) is 0 Å². The van der Waals surface area contributed by atoms with Gasteiger partial charge in [0.05, 0.1) is 0 Å². The maximum absolute atomic E-state index is 12.2. The van der Waals surface area contributed by atoms with Crippen LogP contribution in [0.15, 0.2) is 0 Å². The highest BCUT2D eigenvalue weighted by Crippen LogP contribution is 2.22. The highest BCUT2D eigenvalue weighted by molar-refractivity contribution is 5.82. The van der Waals surface area contributed by atoms with Crippen molar-refractivity contribution in [3.63, 3.8) is 0 Å². The molecule has 0 aromatic carbocycles. The van der Waals surface area contributed by atoms with E-state index in [1.807, 2.05) is 25.8 Å². The van der Waals surface area contributed by atoms with E-state index in [0.717, 1.165) is 4.90 Å². The summed E-state index contributed by atoms with van der Waals surface area (Å²) in [6.07, 6.45) is -4.75. The fourth-order valence-electron chi connectivity index (χ4n) is 1.75. The van der Waals surface area contributed by atoms with Gasteiger partial charge in [-0.15, -0.1) is 0 Å². The number of carbonyl (C=O) groups excluding carboxylic acids is 1.